The first-order valence-corrected chi connectivity index (χ1v) is 6.33. The standard InChI is InChI=1S/C11H13Br2NO2/c1-11(2,6-15)14-10(16)8-5-7(12)3-4-9(8)13/h3-5,15H,6H2,1-2H3,(H,14,16). The largest absolute Gasteiger partial charge is 0.394 e. The molecular formula is C11H13Br2NO2. The molecule has 0 aliphatic heterocycles. The van der Waals surface area contributed by atoms with Gasteiger partial charge in [0.2, 0.25) is 0 Å². The summed E-state index contributed by atoms with van der Waals surface area (Å²) < 4.78 is 1.56. The number of aliphatic hydroxyl groups is 1. The minimum absolute atomic E-state index is 0.107. The van der Waals surface area contributed by atoms with Crippen LogP contribution in [0.5, 0.6) is 0 Å². The number of benzene rings is 1. The third-order valence-electron chi connectivity index (χ3n) is 2.02. The van der Waals surface area contributed by atoms with Crippen molar-refractivity contribution in [3.63, 3.8) is 0 Å². The third kappa shape index (κ3) is 3.57. The molecule has 0 radical (unpaired) electrons. The predicted octanol–water partition coefficient (Wildman–Crippen LogP) is 2.71. The molecule has 0 aliphatic rings. The average Bonchev–Trinajstić information content (AvgIpc) is 2.21. The molecule has 1 aromatic rings. The third-order valence-corrected chi connectivity index (χ3v) is 3.20. The molecule has 0 heterocycles. The molecule has 0 spiro atoms. The van der Waals surface area contributed by atoms with Crippen molar-refractivity contribution in [2.45, 2.75) is 19.4 Å². The highest BCUT2D eigenvalue weighted by atomic mass is 79.9. The molecule has 88 valence electrons. The number of hydrogen-bond acceptors (Lipinski definition) is 2. The maximum absolute atomic E-state index is 11.9. The monoisotopic (exact) mass is 349 g/mol. The number of carbonyl (C=O) groups is 1. The molecule has 1 amide bonds. The first-order valence-electron chi connectivity index (χ1n) is 4.74. The van der Waals surface area contributed by atoms with Gasteiger partial charge in [0.1, 0.15) is 0 Å². The van der Waals surface area contributed by atoms with E-state index < -0.39 is 5.54 Å². The van der Waals surface area contributed by atoms with Crippen molar-refractivity contribution in [3.8, 4) is 0 Å². The van der Waals surface area contributed by atoms with Gasteiger partial charge < -0.3 is 10.4 Å². The molecule has 1 rings (SSSR count). The maximum atomic E-state index is 11.9. The Morgan fingerprint density at radius 2 is 2.06 bits per heavy atom. The Kier molecular flexibility index (Phi) is 4.52. The van der Waals surface area contributed by atoms with Gasteiger partial charge in [0, 0.05) is 8.95 Å². The summed E-state index contributed by atoms with van der Waals surface area (Å²) in [5, 5.41) is 11.8. The molecule has 16 heavy (non-hydrogen) atoms. The molecule has 0 aromatic heterocycles. The number of halogens is 2. The van der Waals surface area contributed by atoms with E-state index in [0.29, 0.717) is 5.56 Å². The fraction of sp³-hybridized carbons (Fsp3) is 0.364. The van der Waals surface area contributed by atoms with Crippen LogP contribution in [-0.4, -0.2) is 23.2 Å². The van der Waals surface area contributed by atoms with Crippen LogP contribution < -0.4 is 5.32 Å². The van der Waals surface area contributed by atoms with Gasteiger partial charge in [-0.2, -0.15) is 0 Å². The van der Waals surface area contributed by atoms with Crippen LogP contribution in [0.3, 0.4) is 0 Å². The van der Waals surface area contributed by atoms with Crippen molar-refractivity contribution >= 4 is 37.8 Å². The Balaban J connectivity index is 2.93. The number of hydrogen-bond donors (Lipinski definition) is 2. The van der Waals surface area contributed by atoms with Crippen LogP contribution in [0.4, 0.5) is 0 Å². The maximum Gasteiger partial charge on any atom is 0.252 e. The Morgan fingerprint density at radius 1 is 1.44 bits per heavy atom. The fourth-order valence-corrected chi connectivity index (χ4v) is 1.87. The average molecular weight is 351 g/mol. The van der Waals surface area contributed by atoms with E-state index in [1.54, 1.807) is 26.0 Å². The van der Waals surface area contributed by atoms with Gasteiger partial charge >= 0.3 is 0 Å². The highest BCUT2D eigenvalue weighted by Gasteiger charge is 2.21. The summed E-state index contributed by atoms with van der Waals surface area (Å²) in [5.41, 5.74) is -0.0883. The number of carbonyl (C=O) groups excluding carboxylic acids is 1. The Bertz CT molecular complexity index is 405. The second-order valence-corrected chi connectivity index (χ2v) is 5.89. The lowest BCUT2D eigenvalue weighted by Crippen LogP contribution is -2.46. The van der Waals surface area contributed by atoms with E-state index in [1.165, 1.54) is 0 Å². The van der Waals surface area contributed by atoms with Gasteiger partial charge in [-0.05, 0) is 48.0 Å². The zero-order chi connectivity index (χ0) is 12.3. The predicted molar refractivity (Wildman–Crippen MR) is 70.5 cm³/mol. The summed E-state index contributed by atoms with van der Waals surface area (Å²) in [6.45, 7) is 3.41. The summed E-state index contributed by atoms with van der Waals surface area (Å²) in [4.78, 5) is 11.9. The Labute approximate surface area is 111 Å². The summed E-state index contributed by atoms with van der Waals surface area (Å²) in [5.74, 6) is -0.216. The van der Waals surface area contributed by atoms with E-state index in [9.17, 15) is 4.79 Å². The van der Waals surface area contributed by atoms with Crippen molar-refractivity contribution in [2.24, 2.45) is 0 Å². The van der Waals surface area contributed by atoms with Gasteiger partial charge in [0.15, 0.2) is 0 Å². The normalized spacial score (nSPS) is 11.3. The lowest BCUT2D eigenvalue weighted by Gasteiger charge is -2.23. The van der Waals surface area contributed by atoms with Crippen LogP contribution in [0.15, 0.2) is 27.1 Å². The minimum atomic E-state index is -0.626. The van der Waals surface area contributed by atoms with Crippen LogP contribution in [0, 0.1) is 0 Å². The van der Waals surface area contributed by atoms with Gasteiger partial charge in [-0.25, -0.2) is 0 Å². The highest BCUT2D eigenvalue weighted by molar-refractivity contribution is 9.11. The Morgan fingerprint density at radius 3 is 2.62 bits per heavy atom. The van der Waals surface area contributed by atoms with Gasteiger partial charge in [-0.15, -0.1) is 0 Å². The second kappa shape index (κ2) is 5.29. The summed E-state index contributed by atoms with van der Waals surface area (Å²) in [6, 6.07) is 5.37. The number of rotatable bonds is 3. The quantitative estimate of drug-likeness (QED) is 0.880. The smallest absolute Gasteiger partial charge is 0.252 e. The Hall–Kier alpha value is -0.390. The van der Waals surface area contributed by atoms with E-state index in [-0.39, 0.29) is 12.5 Å². The van der Waals surface area contributed by atoms with Gasteiger partial charge in [0.25, 0.3) is 5.91 Å². The van der Waals surface area contributed by atoms with Crippen molar-refractivity contribution in [1.29, 1.82) is 0 Å². The summed E-state index contributed by atoms with van der Waals surface area (Å²) in [7, 11) is 0. The summed E-state index contributed by atoms with van der Waals surface area (Å²) in [6.07, 6.45) is 0. The molecule has 0 fully saturated rings. The van der Waals surface area contributed by atoms with E-state index in [2.05, 4.69) is 37.2 Å². The molecule has 1 aromatic carbocycles. The summed E-state index contributed by atoms with van der Waals surface area (Å²) >= 11 is 6.63. The number of amides is 1. The van der Waals surface area contributed by atoms with Crippen LogP contribution in [-0.2, 0) is 0 Å². The fourth-order valence-electron chi connectivity index (χ4n) is 1.09. The molecule has 2 N–H and O–H groups in total. The zero-order valence-corrected chi connectivity index (χ0v) is 12.2. The number of aliphatic hydroxyl groups excluding tert-OH is 1. The molecule has 0 saturated heterocycles. The molecule has 0 aliphatic carbocycles. The topological polar surface area (TPSA) is 49.3 Å². The SMILES string of the molecule is CC(C)(CO)NC(=O)c1cc(Br)ccc1Br. The molecule has 0 bridgehead atoms. The first kappa shape index (κ1) is 13.7. The van der Waals surface area contributed by atoms with Crippen molar-refractivity contribution in [3.05, 3.63) is 32.7 Å². The van der Waals surface area contributed by atoms with E-state index >= 15 is 0 Å². The second-order valence-electron chi connectivity index (χ2n) is 4.12. The lowest BCUT2D eigenvalue weighted by atomic mass is 10.1. The molecule has 5 heteroatoms. The van der Waals surface area contributed by atoms with Crippen LogP contribution in [0.1, 0.15) is 24.2 Å². The zero-order valence-electron chi connectivity index (χ0n) is 9.05. The molecular weight excluding hydrogens is 338 g/mol. The first-order chi connectivity index (χ1) is 7.35. The van der Waals surface area contributed by atoms with E-state index in [1.807, 2.05) is 6.07 Å². The van der Waals surface area contributed by atoms with Crippen LogP contribution in [0.25, 0.3) is 0 Å². The van der Waals surface area contributed by atoms with Crippen LogP contribution >= 0.6 is 31.9 Å². The van der Waals surface area contributed by atoms with Gasteiger partial charge in [0.05, 0.1) is 17.7 Å². The van der Waals surface area contributed by atoms with Crippen molar-refractivity contribution in [1.82, 2.24) is 5.32 Å². The van der Waals surface area contributed by atoms with E-state index in [0.717, 1.165) is 8.95 Å². The highest BCUT2D eigenvalue weighted by Crippen LogP contribution is 2.22. The van der Waals surface area contributed by atoms with E-state index in [4.69, 9.17) is 5.11 Å². The molecule has 0 atom stereocenters. The van der Waals surface area contributed by atoms with Crippen molar-refractivity contribution < 1.29 is 9.90 Å². The molecule has 0 unspecified atom stereocenters. The molecule has 3 nitrogen and oxygen atoms in total. The van der Waals surface area contributed by atoms with Crippen molar-refractivity contribution in [2.75, 3.05) is 6.61 Å². The lowest BCUT2D eigenvalue weighted by molar-refractivity contribution is 0.0868. The van der Waals surface area contributed by atoms with Gasteiger partial charge in [-0.1, -0.05) is 15.9 Å². The van der Waals surface area contributed by atoms with Crippen LogP contribution in [0.2, 0.25) is 0 Å². The molecule has 0 saturated carbocycles. The minimum Gasteiger partial charge on any atom is -0.394 e. The number of nitrogens with one attached hydrogen (secondary N) is 1. The van der Waals surface area contributed by atoms with Gasteiger partial charge in [-0.3, -0.25) is 4.79 Å².